The van der Waals surface area contributed by atoms with Gasteiger partial charge in [0.1, 0.15) is 0 Å². The number of β-amino-alcohol motifs (C(OH)–C–C–N with tert-alkyl or cyclic N) is 1. The van der Waals surface area contributed by atoms with Gasteiger partial charge < -0.3 is 15.3 Å². The lowest BCUT2D eigenvalue weighted by atomic mass is 10.3. The van der Waals surface area contributed by atoms with E-state index in [2.05, 4.69) is 5.32 Å². The van der Waals surface area contributed by atoms with Gasteiger partial charge >= 0.3 is 0 Å². The Morgan fingerprint density at radius 2 is 2.50 bits per heavy atom. The van der Waals surface area contributed by atoms with E-state index in [0.29, 0.717) is 19.6 Å². The molecule has 1 unspecified atom stereocenters. The minimum atomic E-state index is -0.310. The zero-order valence-corrected chi connectivity index (χ0v) is 7.42. The van der Waals surface area contributed by atoms with Crippen LogP contribution < -0.4 is 5.32 Å². The molecule has 0 aromatic carbocycles. The first kappa shape index (κ1) is 9.48. The molecule has 0 aromatic rings. The van der Waals surface area contributed by atoms with Gasteiger partial charge in [0, 0.05) is 13.1 Å². The Morgan fingerprint density at radius 1 is 1.75 bits per heavy atom. The van der Waals surface area contributed by atoms with Gasteiger partial charge in [-0.15, -0.1) is 0 Å². The number of likely N-dealkylation sites (tertiary alicyclic amines) is 1. The molecule has 0 radical (unpaired) electrons. The SMILES string of the molecule is CCNCC(=O)N1CCC(O)C1. The van der Waals surface area contributed by atoms with E-state index in [4.69, 9.17) is 5.11 Å². The Balaban J connectivity index is 2.23. The Kier molecular flexibility index (Phi) is 3.49. The fraction of sp³-hybridized carbons (Fsp3) is 0.875. The van der Waals surface area contributed by atoms with Gasteiger partial charge in [-0.1, -0.05) is 6.92 Å². The van der Waals surface area contributed by atoms with Crippen LogP contribution in [0.2, 0.25) is 0 Å². The molecule has 1 aliphatic rings. The highest BCUT2D eigenvalue weighted by Crippen LogP contribution is 2.07. The van der Waals surface area contributed by atoms with E-state index >= 15 is 0 Å². The minimum Gasteiger partial charge on any atom is -0.391 e. The summed E-state index contributed by atoms with van der Waals surface area (Å²) in [6, 6.07) is 0. The number of hydrogen-bond acceptors (Lipinski definition) is 3. The highest BCUT2D eigenvalue weighted by atomic mass is 16.3. The van der Waals surface area contributed by atoms with Crippen LogP contribution in [-0.2, 0) is 4.79 Å². The number of carbonyl (C=O) groups excluding carboxylic acids is 1. The van der Waals surface area contributed by atoms with Crippen molar-refractivity contribution in [2.45, 2.75) is 19.4 Å². The van der Waals surface area contributed by atoms with Crippen molar-refractivity contribution in [2.75, 3.05) is 26.2 Å². The van der Waals surface area contributed by atoms with Crippen molar-refractivity contribution in [3.8, 4) is 0 Å². The van der Waals surface area contributed by atoms with E-state index < -0.39 is 0 Å². The molecule has 1 saturated heterocycles. The molecule has 0 aromatic heterocycles. The molecule has 1 fully saturated rings. The summed E-state index contributed by atoms with van der Waals surface area (Å²) >= 11 is 0. The Labute approximate surface area is 72.6 Å². The fourth-order valence-electron chi connectivity index (χ4n) is 1.31. The minimum absolute atomic E-state index is 0.0911. The molecule has 1 amide bonds. The summed E-state index contributed by atoms with van der Waals surface area (Å²) in [6.45, 7) is 4.37. The monoisotopic (exact) mass is 172 g/mol. The summed E-state index contributed by atoms with van der Waals surface area (Å²) in [6.07, 6.45) is 0.410. The highest BCUT2D eigenvalue weighted by Gasteiger charge is 2.23. The number of nitrogens with zero attached hydrogens (tertiary/aromatic N) is 1. The molecule has 1 rings (SSSR count). The summed E-state index contributed by atoms with van der Waals surface area (Å²) < 4.78 is 0. The summed E-state index contributed by atoms with van der Waals surface area (Å²) in [5.41, 5.74) is 0. The van der Waals surface area contributed by atoms with Crippen molar-refractivity contribution in [1.82, 2.24) is 10.2 Å². The standard InChI is InChI=1S/C8H16N2O2/c1-2-9-5-8(12)10-4-3-7(11)6-10/h7,9,11H,2-6H2,1H3. The quantitative estimate of drug-likeness (QED) is 0.585. The summed E-state index contributed by atoms with van der Waals surface area (Å²) in [5, 5.41) is 12.1. The van der Waals surface area contributed by atoms with Gasteiger partial charge in [-0.3, -0.25) is 4.79 Å². The zero-order valence-electron chi connectivity index (χ0n) is 7.42. The zero-order chi connectivity index (χ0) is 8.97. The van der Waals surface area contributed by atoms with Crippen molar-refractivity contribution < 1.29 is 9.90 Å². The first-order chi connectivity index (χ1) is 5.74. The van der Waals surface area contributed by atoms with Crippen LogP contribution in [-0.4, -0.2) is 48.2 Å². The number of aliphatic hydroxyl groups excluding tert-OH is 1. The molecule has 1 atom stereocenters. The maximum atomic E-state index is 11.3. The lowest BCUT2D eigenvalue weighted by Crippen LogP contribution is -2.37. The molecule has 0 spiro atoms. The van der Waals surface area contributed by atoms with E-state index in [1.807, 2.05) is 6.92 Å². The van der Waals surface area contributed by atoms with Crippen molar-refractivity contribution in [3.05, 3.63) is 0 Å². The number of nitrogens with one attached hydrogen (secondary N) is 1. The van der Waals surface area contributed by atoms with Crippen LogP contribution >= 0.6 is 0 Å². The second-order valence-electron chi connectivity index (χ2n) is 3.06. The second-order valence-corrected chi connectivity index (χ2v) is 3.06. The van der Waals surface area contributed by atoms with Crippen molar-refractivity contribution >= 4 is 5.91 Å². The van der Waals surface area contributed by atoms with Crippen LogP contribution in [0.5, 0.6) is 0 Å². The summed E-state index contributed by atoms with van der Waals surface area (Å²) in [5.74, 6) is 0.0911. The molecule has 0 aliphatic carbocycles. The lowest BCUT2D eigenvalue weighted by Gasteiger charge is -2.15. The van der Waals surface area contributed by atoms with Gasteiger partial charge in [-0.2, -0.15) is 0 Å². The average molecular weight is 172 g/mol. The first-order valence-corrected chi connectivity index (χ1v) is 4.40. The van der Waals surface area contributed by atoms with Crippen LogP contribution in [0.15, 0.2) is 0 Å². The van der Waals surface area contributed by atoms with Crippen molar-refractivity contribution in [2.24, 2.45) is 0 Å². The first-order valence-electron chi connectivity index (χ1n) is 4.40. The van der Waals surface area contributed by atoms with Gasteiger partial charge in [-0.25, -0.2) is 0 Å². The van der Waals surface area contributed by atoms with Crippen molar-refractivity contribution in [1.29, 1.82) is 0 Å². The van der Waals surface area contributed by atoms with Gasteiger partial charge in [0.2, 0.25) is 5.91 Å². The average Bonchev–Trinajstić information content (AvgIpc) is 2.47. The molecular formula is C8H16N2O2. The molecule has 0 bridgehead atoms. The molecule has 1 aliphatic heterocycles. The molecule has 4 nitrogen and oxygen atoms in total. The maximum Gasteiger partial charge on any atom is 0.236 e. The van der Waals surface area contributed by atoms with Crippen molar-refractivity contribution in [3.63, 3.8) is 0 Å². The van der Waals surface area contributed by atoms with Crippen LogP contribution in [0.1, 0.15) is 13.3 Å². The van der Waals surface area contributed by atoms with E-state index in [1.54, 1.807) is 4.90 Å². The fourth-order valence-corrected chi connectivity index (χ4v) is 1.31. The number of carbonyl (C=O) groups is 1. The largest absolute Gasteiger partial charge is 0.391 e. The number of likely N-dealkylation sites (N-methyl/N-ethyl adjacent to an activating group) is 1. The van der Waals surface area contributed by atoms with Gasteiger partial charge in [0.15, 0.2) is 0 Å². The number of aliphatic hydroxyl groups is 1. The molecule has 1 heterocycles. The molecule has 70 valence electrons. The third kappa shape index (κ3) is 2.46. The molecule has 2 N–H and O–H groups in total. The van der Waals surface area contributed by atoms with Crippen LogP contribution in [0.4, 0.5) is 0 Å². The summed E-state index contributed by atoms with van der Waals surface area (Å²) in [4.78, 5) is 13.0. The Bertz CT molecular complexity index is 161. The predicted molar refractivity (Wildman–Crippen MR) is 45.7 cm³/mol. The van der Waals surface area contributed by atoms with E-state index in [0.717, 1.165) is 13.0 Å². The predicted octanol–water partition coefficient (Wildman–Crippen LogP) is -0.811. The molecule has 4 heteroatoms. The normalized spacial score (nSPS) is 23.2. The number of hydrogen-bond donors (Lipinski definition) is 2. The molecular weight excluding hydrogens is 156 g/mol. The van der Waals surface area contributed by atoms with Crippen LogP contribution in [0.3, 0.4) is 0 Å². The number of amides is 1. The molecule has 0 saturated carbocycles. The van der Waals surface area contributed by atoms with E-state index in [-0.39, 0.29) is 12.0 Å². The third-order valence-electron chi connectivity index (χ3n) is 2.04. The molecule has 12 heavy (non-hydrogen) atoms. The van der Waals surface area contributed by atoms with Gasteiger partial charge in [-0.05, 0) is 13.0 Å². The smallest absolute Gasteiger partial charge is 0.236 e. The van der Waals surface area contributed by atoms with Gasteiger partial charge in [0.25, 0.3) is 0 Å². The topological polar surface area (TPSA) is 52.6 Å². The third-order valence-corrected chi connectivity index (χ3v) is 2.04. The maximum absolute atomic E-state index is 11.3. The highest BCUT2D eigenvalue weighted by molar-refractivity contribution is 5.78. The Morgan fingerprint density at radius 3 is 3.00 bits per heavy atom. The van der Waals surface area contributed by atoms with E-state index in [1.165, 1.54) is 0 Å². The summed E-state index contributed by atoms with van der Waals surface area (Å²) in [7, 11) is 0. The van der Waals surface area contributed by atoms with Crippen LogP contribution in [0.25, 0.3) is 0 Å². The van der Waals surface area contributed by atoms with Crippen LogP contribution in [0, 0.1) is 0 Å². The second kappa shape index (κ2) is 4.42. The number of rotatable bonds is 3. The Hall–Kier alpha value is -0.610. The lowest BCUT2D eigenvalue weighted by molar-refractivity contribution is -0.129. The van der Waals surface area contributed by atoms with E-state index in [9.17, 15) is 4.79 Å². The van der Waals surface area contributed by atoms with Gasteiger partial charge in [0.05, 0.1) is 12.6 Å².